The summed E-state index contributed by atoms with van der Waals surface area (Å²) in [5.41, 5.74) is -0.502. The molecule has 8 heteroatoms. The number of nitro groups is 1. The molecule has 0 fully saturated rings. The molecule has 0 aliphatic rings. The monoisotopic (exact) mass is 297 g/mol. The first-order chi connectivity index (χ1) is 9.90. The van der Waals surface area contributed by atoms with Crippen molar-refractivity contribution in [3.63, 3.8) is 0 Å². The van der Waals surface area contributed by atoms with Crippen LogP contribution in [0.5, 0.6) is 5.75 Å². The van der Waals surface area contributed by atoms with Crippen molar-refractivity contribution in [1.29, 1.82) is 0 Å². The van der Waals surface area contributed by atoms with Gasteiger partial charge in [-0.05, 0) is 12.8 Å². The van der Waals surface area contributed by atoms with E-state index in [1.54, 1.807) is 6.92 Å². The van der Waals surface area contributed by atoms with Gasteiger partial charge in [0, 0.05) is 12.6 Å². The highest BCUT2D eigenvalue weighted by molar-refractivity contribution is 5.66. The summed E-state index contributed by atoms with van der Waals surface area (Å²) in [4.78, 5) is 20.9. The lowest BCUT2D eigenvalue weighted by Crippen LogP contribution is -2.22. The van der Waals surface area contributed by atoms with Crippen LogP contribution in [0.15, 0.2) is 17.2 Å². The molecule has 0 radical (unpaired) electrons. The number of carbonyl (C=O) groups excluding carboxylic acids is 1. The average molecular weight is 297 g/mol. The van der Waals surface area contributed by atoms with Crippen molar-refractivity contribution in [2.24, 2.45) is 11.0 Å². The predicted octanol–water partition coefficient (Wildman–Crippen LogP) is 2.85. The van der Waals surface area contributed by atoms with Crippen molar-refractivity contribution in [3.8, 4) is 5.75 Å². The first-order valence-corrected chi connectivity index (χ1v) is 6.36. The van der Waals surface area contributed by atoms with Crippen LogP contribution in [0, 0.1) is 21.8 Å². The standard InChI is InChI=1S/C13H16FN3O4/c1-4-21-13-6-11(12(17(19)20)5-10(13)14)16(15-8-18)7-9(2)3/h5-6,9H,4,7H2,1-3H3. The van der Waals surface area contributed by atoms with Crippen molar-refractivity contribution < 1.29 is 18.8 Å². The quantitative estimate of drug-likeness (QED) is 0.334. The number of rotatable bonds is 7. The normalized spacial score (nSPS) is 10.1. The Labute approximate surface area is 121 Å². The van der Waals surface area contributed by atoms with Gasteiger partial charge in [-0.15, -0.1) is 0 Å². The van der Waals surface area contributed by atoms with Gasteiger partial charge in [-0.1, -0.05) is 18.9 Å². The molecule has 0 heterocycles. The lowest BCUT2D eigenvalue weighted by molar-refractivity contribution is -0.384. The molecule has 0 spiro atoms. The van der Waals surface area contributed by atoms with E-state index < -0.39 is 16.4 Å². The van der Waals surface area contributed by atoms with E-state index in [-0.39, 0.29) is 30.5 Å². The van der Waals surface area contributed by atoms with Gasteiger partial charge < -0.3 is 4.74 Å². The molecular formula is C13H16FN3O4. The molecule has 0 unspecified atom stereocenters. The van der Waals surface area contributed by atoms with Gasteiger partial charge in [-0.3, -0.25) is 10.1 Å². The SMILES string of the molecule is CCOc1cc(N(CC(C)C)N=C=O)c([N+](=O)[O-])cc1F. The van der Waals surface area contributed by atoms with Crippen molar-refractivity contribution >= 4 is 17.5 Å². The third kappa shape index (κ3) is 4.25. The number of nitro benzene ring substituents is 1. The van der Waals surface area contributed by atoms with Gasteiger partial charge in [-0.2, -0.15) is 0 Å². The van der Waals surface area contributed by atoms with Gasteiger partial charge in [0.05, 0.1) is 17.6 Å². The van der Waals surface area contributed by atoms with Gasteiger partial charge in [0.15, 0.2) is 11.6 Å². The average Bonchev–Trinajstić information content (AvgIpc) is 2.39. The summed E-state index contributed by atoms with van der Waals surface area (Å²) in [7, 11) is 0. The zero-order chi connectivity index (χ0) is 16.0. The summed E-state index contributed by atoms with van der Waals surface area (Å²) in [6, 6.07) is 1.92. The number of hydrogen-bond acceptors (Lipinski definition) is 6. The number of hydrazone groups is 1. The highest BCUT2D eigenvalue weighted by atomic mass is 19.1. The molecule has 0 aliphatic heterocycles. The Balaban J connectivity index is 3.43. The van der Waals surface area contributed by atoms with Crippen molar-refractivity contribution in [2.45, 2.75) is 20.8 Å². The number of benzene rings is 1. The van der Waals surface area contributed by atoms with E-state index in [0.717, 1.165) is 11.1 Å². The number of isocyanates is 1. The summed E-state index contributed by atoms with van der Waals surface area (Å²) in [6.45, 7) is 5.82. The van der Waals surface area contributed by atoms with Gasteiger partial charge in [0.25, 0.3) is 11.8 Å². The highest BCUT2D eigenvalue weighted by Crippen LogP contribution is 2.35. The maximum absolute atomic E-state index is 13.7. The number of nitrogens with zero attached hydrogens (tertiary/aromatic N) is 3. The topological polar surface area (TPSA) is 85.0 Å². The van der Waals surface area contributed by atoms with Crippen LogP contribution in [0.2, 0.25) is 0 Å². The zero-order valence-electron chi connectivity index (χ0n) is 12.0. The molecule has 7 nitrogen and oxygen atoms in total. The fourth-order valence-electron chi connectivity index (χ4n) is 1.74. The Kier molecular flexibility index (Phi) is 5.80. The molecule has 0 saturated carbocycles. The summed E-state index contributed by atoms with van der Waals surface area (Å²) in [5, 5.41) is 15.6. The number of anilines is 1. The van der Waals surface area contributed by atoms with Gasteiger partial charge in [0.2, 0.25) is 0 Å². The van der Waals surface area contributed by atoms with E-state index >= 15 is 0 Å². The van der Waals surface area contributed by atoms with Crippen LogP contribution < -0.4 is 9.75 Å². The second-order valence-corrected chi connectivity index (χ2v) is 4.63. The molecule has 1 aromatic carbocycles. The molecule has 0 atom stereocenters. The van der Waals surface area contributed by atoms with Crippen LogP contribution in [0.1, 0.15) is 20.8 Å². The Morgan fingerprint density at radius 2 is 2.19 bits per heavy atom. The van der Waals surface area contributed by atoms with E-state index in [4.69, 9.17) is 4.74 Å². The smallest absolute Gasteiger partial charge is 0.297 e. The van der Waals surface area contributed by atoms with Crippen LogP contribution in [-0.2, 0) is 4.79 Å². The minimum Gasteiger partial charge on any atom is -0.491 e. The number of halogens is 1. The van der Waals surface area contributed by atoms with E-state index in [1.165, 1.54) is 12.1 Å². The van der Waals surface area contributed by atoms with Crippen LogP contribution >= 0.6 is 0 Å². The van der Waals surface area contributed by atoms with Gasteiger partial charge in [-0.25, -0.2) is 14.2 Å². The third-order valence-corrected chi connectivity index (χ3v) is 2.50. The second kappa shape index (κ2) is 7.35. The molecule has 21 heavy (non-hydrogen) atoms. The lowest BCUT2D eigenvalue weighted by Gasteiger charge is -2.20. The fraction of sp³-hybridized carbons (Fsp3) is 0.462. The molecule has 0 N–H and O–H groups in total. The molecule has 1 aromatic rings. The van der Waals surface area contributed by atoms with E-state index in [2.05, 4.69) is 5.10 Å². The first kappa shape index (κ1) is 16.6. The minimum atomic E-state index is -0.841. The summed E-state index contributed by atoms with van der Waals surface area (Å²) in [6.07, 6.45) is 1.35. The van der Waals surface area contributed by atoms with Crippen LogP contribution in [0.25, 0.3) is 0 Å². The largest absolute Gasteiger partial charge is 0.491 e. The van der Waals surface area contributed by atoms with E-state index in [9.17, 15) is 19.3 Å². The summed E-state index contributed by atoms with van der Waals surface area (Å²) in [5.74, 6) is -0.901. The molecular weight excluding hydrogens is 281 g/mol. The van der Waals surface area contributed by atoms with Crippen molar-refractivity contribution in [2.75, 3.05) is 18.2 Å². The second-order valence-electron chi connectivity index (χ2n) is 4.63. The molecule has 0 bridgehead atoms. The molecule has 0 aliphatic carbocycles. The van der Waals surface area contributed by atoms with Crippen LogP contribution in [0.3, 0.4) is 0 Å². The minimum absolute atomic E-state index is 0.0121. The fourth-order valence-corrected chi connectivity index (χ4v) is 1.74. The Morgan fingerprint density at radius 1 is 1.52 bits per heavy atom. The predicted molar refractivity (Wildman–Crippen MR) is 74.5 cm³/mol. The van der Waals surface area contributed by atoms with Crippen molar-refractivity contribution in [1.82, 2.24) is 0 Å². The first-order valence-electron chi connectivity index (χ1n) is 6.36. The van der Waals surface area contributed by atoms with Crippen LogP contribution in [0.4, 0.5) is 15.8 Å². The number of hydrogen-bond donors (Lipinski definition) is 0. The molecule has 0 aromatic heterocycles. The van der Waals surface area contributed by atoms with E-state index in [1.807, 2.05) is 13.8 Å². The number of ether oxygens (including phenoxy) is 1. The molecule has 0 amide bonds. The lowest BCUT2D eigenvalue weighted by atomic mass is 10.2. The van der Waals surface area contributed by atoms with Gasteiger partial charge in [0.1, 0.15) is 5.69 Å². The van der Waals surface area contributed by atoms with Gasteiger partial charge >= 0.3 is 0 Å². The Hall–Kier alpha value is -2.47. The van der Waals surface area contributed by atoms with Crippen LogP contribution in [-0.4, -0.2) is 24.2 Å². The summed E-state index contributed by atoms with van der Waals surface area (Å²) >= 11 is 0. The van der Waals surface area contributed by atoms with E-state index in [0.29, 0.717) is 0 Å². The summed E-state index contributed by atoms with van der Waals surface area (Å²) < 4.78 is 18.8. The molecule has 0 saturated heterocycles. The maximum Gasteiger partial charge on any atom is 0.297 e. The van der Waals surface area contributed by atoms with Crippen molar-refractivity contribution in [3.05, 3.63) is 28.1 Å². The Bertz CT molecular complexity index is 571. The molecule has 114 valence electrons. The molecule has 1 rings (SSSR count). The third-order valence-electron chi connectivity index (χ3n) is 2.50. The Morgan fingerprint density at radius 3 is 2.67 bits per heavy atom. The highest BCUT2D eigenvalue weighted by Gasteiger charge is 2.24. The maximum atomic E-state index is 13.7. The zero-order valence-corrected chi connectivity index (χ0v) is 12.0.